The van der Waals surface area contributed by atoms with Crippen LogP contribution in [0.4, 0.5) is 5.69 Å². The molecule has 0 aromatic heterocycles. The van der Waals surface area contributed by atoms with Crippen molar-refractivity contribution < 1.29 is 9.47 Å². The van der Waals surface area contributed by atoms with Crippen molar-refractivity contribution in [2.24, 2.45) is 10.7 Å². The van der Waals surface area contributed by atoms with Gasteiger partial charge in [-0.3, -0.25) is 4.99 Å². The average molecular weight is 294 g/mol. The molecule has 0 amide bonds. The summed E-state index contributed by atoms with van der Waals surface area (Å²) < 4.78 is 10.5. The number of rotatable bonds is 7. The Kier molecular flexibility index (Phi) is 6.81. The molecule has 1 aromatic rings. The molecule has 3 N–H and O–H groups in total. The number of aliphatic imine (C=N–C) groups is 1. The predicted molar refractivity (Wildman–Crippen MR) is 87.4 cm³/mol. The first-order valence-corrected chi connectivity index (χ1v) is 6.97. The number of benzene rings is 1. The number of likely N-dealkylation sites (N-methyl/N-ethyl adjacent to an activating group) is 1. The number of hydrogen-bond acceptors (Lipinski definition) is 4. The van der Waals surface area contributed by atoms with Gasteiger partial charge in [-0.2, -0.15) is 0 Å². The average Bonchev–Trinajstić information content (AvgIpc) is 2.46. The van der Waals surface area contributed by atoms with Crippen LogP contribution in [0, 0.1) is 0 Å². The Morgan fingerprint density at radius 3 is 2.62 bits per heavy atom. The fraction of sp³-hybridized carbons (Fsp3) is 0.533. The molecule has 0 fully saturated rings. The summed E-state index contributed by atoms with van der Waals surface area (Å²) in [4.78, 5) is 6.53. The maximum absolute atomic E-state index is 5.91. The molecule has 118 valence electrons. The van der Waals surface area contributed by atoms with Crippen LogP contribution in [0.3, 0.4) is 0 Å². The monoisotopic (exact) mass is 294 g/mol. The number of hydrogen-bond donors (Lipinski definition) is 2. The molecular weight excluding hydrogens is 268 g/mol. The minimum absolute atomic E-state index is 0.360. The van der Waals surface area contributed by atoms with Crippen molar-refractivity contribution in [1.82, 2.24) is 4.90 Å². The van der Waals surface area contributed by atoms with E-state index in [-0.39, 0.29) is 0 Å². The summed E-state index contributed by atoms with van der Waals surface area (Å²) in [6, 6.07) is 5.96. The number of anilines is 1. The lowest BCUT2D eigenvalue weighted by Gasteiger charge is -2.19. The van der Waals surface area contributed by atoms with E-state index in [1.165, 1.54) is 0 Å². The molecule has 0 spiro atoms. The minimum Gasteiger partial charge on any atom is -0.497 e. The lowest BCUT2D eigenvalue weighted by atomic mass is 10.2. The molecule has 0 saturated heterocycles. The zero-order valence-corrected chi connectivity index (χ0v) is 13.5. The molecule has 0 bridgehead atoms. The van der Waals surface area contributed by atoms with Crippen LogP contribution in [0.5, 0.6) is 11.5 Å². The summed E-state index contributed by atoms with van der Waals surface area (Å²) in [6.07, 6.45) is 0. The van der Waals surface area contributed by atoms with Crippen molar-refractivity contribution in [2.45, 2.75) is 19.9 Å². The lowest BCUT2D eigenvalue weighted by molar-refractivity contribution is 0.282. The van der Waals surface area contributed by atoms with E-state index in [4.69, 9.17) is 15.2 Å². The molecule has 0 unspecified atom stereocenters. The highest BCUT2D eigenvalue weighted by Crippen LogP contribution is 2.28. The van der Waals surface area contributed by atoms with E-state index in [1.54, 1.807) is 14.2 Å². The SMILES string of the molecule is COc1ccc(OC)c(NC(N)=NCCN(C)C(C)C)c1. The summed E-state index contributed by atoms with van der Waals surface area (Å²) >= 11 is 0. The molecule has 6 heteroatoms. The third-order valence-corrected chi connectivity index (χ3v) is 3.29. The Labute approximate surface area is 126 Å². The van der Waals surface area contributed by atoms with E-state index in [9.17, 15) is 0 Å². The van der Waals surface area contributed by atoms with Crippen LogP contribution in [0.25, 0.3) is 0 Å². The van der Waals surface area contributed by atoms with E-state index >= 15 is 0 Å². The van der Waals surface area contributed by atoms with Gasteiger partial charge in [-0.05, 0) is 33.0 Å². The van der Waals surface area contributed by atoms with E-state index in [0.29, 0.717) is 24.3 Å². The summed E-state index contributed by atoms with van der Waals surface area (Å²) in [7, 11) is 5.29. The zero-order valence-electron chi connectivity index (χ0n) is 13.5. The second-order valence-electron chi connectivity index (χ2n) is 5.03. The van der Waals surface area contributed by atoms with Gasteiger partial charge in [-0.25, -0.2) is 0 Å². The first-order valence-electron chi connectivity index (χ1n) is 6.97. The fourth-order valence-corrected chi connectivity index (χ4v) is 1.68. The van der Waals surface area contributed by atoms with Crippen molar-refractivity contribution >= 4 is 11.6 Å². The summed E-state index contributed by atoms with van der Waals surface area (Å²) in [5, 5.41) is 3.04. The van der Waals surface area contributed by atoms with Gasteiger partial charge in [-0.15, -0.1) is 0 Å². The van der Waals surface area contributed by atoms with Gasteiger partial charge in [0.25, 0.3) is 0 Å². The number of nitrogens with zero attached hydrogens (tertiary/aromatic N) is 2. The predicted octanol–water partition coefficient (Wildman–Crippen LogP) is 1.77. The molecule has 1 aromatic carbocycles. The normalized spacial score (nSPS) is 11.9. The van der Waals surface area contributed by atoms with Crippen LogP contribution >= 0.6 is 0 Å². The molecule has 0 aliphatic heterocycles. The van der Waals surface area contributed by atoms with Crippen LogP contribution in [-0.4, -0.2) is 51.3 Å². The zero-order chi connectivity index (χ0) is 15.8. The first-order chi connectivity index (χ1) is 9.97. The molecule has 0 aliphatic carbocycles. The number of methoxy groups -OCH3 is 2. The van der Waals surface area contributed by atoms with Crippen molar-refractivity contribution in [3.05, 3.63) is 18.2 Å². The maximum atomic E-state index is 5.91. The van der Waals surface area contributed by atoms with Crippen molar-refractivity contribution in [2.75, 3.05) is 39.7 Å². The summed E-state index contributed by atoms with van der Waals surface area (Å²) in [5.41, 5.74) is 6.64. The van der Waals surface area contributed by atoms with Gasteiger partial charge in [0.1, 0.15) is 11.5 Å². The molecular formula is C15H26N4O2. The number of ether oxygens (including phenoxy) is 2. The lowest BCUT2D eigenvalue weighted by Crippen LogP contribution is -2.30. The van der Waals surface area contributed by atoms with E-state index < -0.39 is 0 Å². The van der Waals surface area contributed by atoms with Crippen molar-refractivity contribution in [3.8, 4) is 11.5 Å². The van der Waals surface area contributed by atoms with Crippen LogP contribution in [0.15, 0.2) is 23.2 Å². The highest BCUT2D eigenvalue weighted by molar-refractivity contribution is 5.94. The van der Waals surface area contributed by atoms with Crippen molar-refractivity contribution in [1.29, 1.82) is 0 Å². The van der Waals surface area contributed by atoms with Crippen LogP contribution in [-0.2, 0) is 0 Å². The Bertz CT molecular complexity index is 475. The molecule has 0 radical (unpaired) electrons. The highest BCUT2D eigenvalue weighted by Gasteiger charge is 2.06. The van der Waals surface area contributed by atoms with E-state index in [1.807, 2.05) is 18.2 Å². The molecule has 21 heavy (non-hydrogen) atoms. The first kappa shape index (κ1) is 17.1. The fourth-order valence-electron chi connectivity index (χ4n) is 1.68. The number of nitrogens with one attached hydrogen (secondary N) is 1. The van der Waals surface area contributed by atoms with Gasteiger partial charge in [-0.1, -0.05) is 0 Å². The molecule has 0 aliphatic rings. The minimum atomic E-state index is 0.360. The standard InChI is InChI=1S/C15H26N4O2/c1-11(2)19(3)9-8-17-15(16)18-13-10-12(20-4)6-7-14(13)21-5/h6-7,10-11H,8-9H2,1-5H3,(H3,16,17,18). The largest absolute Gasteiger partial charge is 0.497 e. The van der Waals surface area contributed by atoms with Gasteiger partial charge in [0, 0.05) is 18.7 Å². The maximum Gasteiger partial charge on any atom is 0.193 e. The van der Waals surface area contributed by atoms with Gasteiger partial charge < -0.3 is 25.4 Å². The highest BCUT2D eigenvalue weighted by atomic mass is 16.5. The van der Waals surface area contributed by atoms with Gasteiger partial charge >= 0.3 is 0 Å². The molecule has 0 atom stereocenters. The second kappa shape index (κ2) is 8.36. The Morgan fingerprint density at radius 2 is 2.05 bits per heavy atom. The summed E-state index contributed by atoms with van der Waals surface area (Å²) in [6.45, 7) is 5.79. The second-order valence-corrected chi connectivity index (χ2v) is 5.03. The molecule has 0 heterocycles. The smallest absolute Gasteiger partial charge is 0.193 e. The molecule has 0 saturated carbocycles. The number of guanidine groups is 1. The van der Waals surface area contributed by atoms with Gasteiger partial charge in [0.2, 0.25) is 0 Å². The Morgan fingerprint density at radius 1 is 1.33 bits per heavy atom. The van der Waals surface area contributed by atoms with Gasteiger partial charge in [0.05, 0.1) is 26.5 Å². The van der Waals surface area contributed by atoms with Crippen LogP contribution in [0.2, 0.25) is 0 Å². The summed E-state index contributed by atoms with van der Waals surface area (Å²) in [5.74, 6) is 1.78. The van der Waals surface area contributed by atoms with Crippen LogP contribution in [0.1, 0.15) is 13.8 Å². The third-order valence-electron chi connectivity index (χ3n) is 3.29. The van der Waals surface area contributed by atoms with Crippen molar-refractivity contribution in [3.63, 3.8) is 0 Å². The Hall–Kier alpha value is -1.95. The molecule has 1 rings (SSSR count). The van der Waals surface area contributed by atoms with E-state index in [0.717, 1.165) is 18.0 Å². The quantitative estimate of drug-likeness (QED) is 0.592. The topological polar surface area (TPSA) is 72.1 Å². The third kappa shape index (κ3) is 5.51. The van der Waals surface area contributed by atoms with Gasteiger partial charge in [0.15, 0.2) is 5.96 Å². The van der Waals surface area contributed by atoms with E-state index in [2.05, 4.69) is 36.1 Å². The Balaban J connectivity index is 2.66. The molecule has 6 nitrogen and oxygen atoms in total. The number of nitrogens with two attached hydrogens (primary N) is 1. The van der Waals surface area contributed by atoms with Crippen LogP contribution < -0.4 is 20.5 Å².